The minimum atomic E-state index is -5.18. The zero-order valence-electron chi connectivity index (χ0n) is 19.6. The number of carbonyl (C=O) groups is 1. The van der Waals surface area contributed by atoms with E-state index in [1.54, 1.807) is 34.6 Å². The third-order valence-corrected chi connectivity index (χ3v) is 5.94. The zero-order valence-corrected chi connectivity index (χ0v) is 20.5. The van der Waals surface area contributed by atoms with Gasteiger partial charge in [0.1, 0.15) is 18.0 Å². The molecule has 0 amide bonds. The van der Waals surface area contributed by atoms with E-state index < -0.39 is 25.8 Å². The summed E-state index contributed by atoms with van der Waals surface area (Å²) in [6.45, 7) is 12.1. The third kappa shape index (κ3) is 5.90. The Kier molecular flexibility index (Phi) is 8.12. The smallest absolute Gasteiger partial charge is 0.428 e. The van der Waals surface area contributed by atoms with Crippen molar-refractivity contribution in [1.82, 2.24) is 5.32 Å². The summed E-state index contributed by atoms with van der Waals surface area (Å²) in [4.78, 5) is 32.9. The van der Waals surface area contributed by atoms with Crippen LogP contribution in [0, 0.1) is 41.5 Å². The molecule has 0 atom stereocenters. The first-order valence-corrected chi connectivity index (χ1v) is 11.9. The van der Waals surface area contributed by atoms with Crippen LogP contribution in [0.1, 0.15) is 40.3 Å². The minimum absolute atomic E-state index is 0.123. The maximum absolute atomic E-state index is 12.8. The largest absolute Gasteiger partial charge is 0.465 e. The summed E-state index contributed by atoms with van der Waals surface area (Å²) in [7, 11) is -5.18. The minimum Gasteiger partial charge on any atom is -0.465 e. The van der Waals surface area contributed by atoms with Crippen LogP contribution in [-0.2, 0) is 14.1 Å². The second-order valence-corrected chi connectivity index (χ2v) is 9.62. The summed E-state index contributed by atoms with van der Waals surface area (Å²) in [5, 5.41) is 2.51. The van der Waals surface area contributed by atoms with Crippen molar-refractivity contribution in [2.45, 2.75) is 54.1 Å². The van der Waals surface area contributed by atoms with E-state index in [2.05, 4.69) is 5.32 Å². The summed E-state index contributed by atoms with van der Waals surface area (Å²) < 4.78 is 29.7. The number of carbonyl (C=O) groups excluding carboxylic acids is 1. The first-order valence-electron chi connectivity index (χ1n) is 10.3. The summed E-state index contributed by atoms with van der Waals surface area (Å²) in [6.07, 6.45) is 0. The van der Waals surface area contributed by atoms with Crippen molar-refractivity contribution in [1.29, 1.82) is 0 Å². The first kappa shape index (κ1) is 25.9. The van der Waals surface area contributed by atoms with Crippen LogP contribution in [0.2, 0.25) is 0 Å². The van der Waals surface area contributed by atoms with E-state index in [4.69, 9.17) is 14.2 Å². The Balaban J connectivity index is 2.65. The van der Waals surface area contributed by atoms with Crippen molar-refractivity contribution in [3.8, 4) is 11.5 Å². The van der Waals surface area contributed by atoms with Gasteiger partial charge in [0.25, 0.3) is 0 Å². The van der Waals surface area contributed by atoms with Crippen LogP contribution in [0.3, 0.4) is 0 Å². The number of ether oxygens (including phenoxy) is 3. The highest BCUT2D eigenvalue weighted by Gasteiger charge is 2.54. The predicted octanol–water partition coefficient (Wildman–Crippen LogP) is 3.94. The molecule has 0 radical (unpaired) electrons. The molecule has 8 nitrogen and oxygen atoms in total. The fraction of sp³-hybridized carbons (Fsp3) is 0.435. The molecule has 32 heavy (non-hydrogen) atoms. The Morgan fingerprint density at radius 3 is 1.56 bits per heavy atom. The quantitative estimate of drug-likeness (QED) is 0.290. The van der Waals surface area contributed by atoms with Crippen LogP contribution in [0.4, 0.5) is 0 Å². The van der Waals surface area contributed by atoms with Crippen LogP contribution < -0.4 is 14.8 Å². The Morgan fingerprint density at radius 1 is 0.875 bits per heavy atom. The van der Waals surface area contributed by atoms with Crippen molar-refractivity contribution in [2.24, 2.45) is 0 Å². The van der Waals surface area contributed by atoms with Crippen LogP contribution in [0.15, 0.2) is 24.3 Å². The molecular weight excluding hydrogens is 433 g/mol. The SMILES string of the molecule is CCOC(=O)CNC(Oc1c(C)cc(C)cc1C)(Oc1c(C)cc(C)cc1C)P(=O)(O)O. The Bertz CT molecular complexity index is 939. The number of aryl methyl sites for hydroxylation is 6. The molecule has 0 aromatic heterocycles. The highest BCUT2D eigenvalue weighted by molar-refractivity contribution is 7.53. The van der Waals surface area contributed by atoms with Crippen molar-refractivity contribution in [3.63, 3.8) is 0 Å². The third-order valence-electron chi connectivity index (χ3n) is 4.84. The molecule has 0 spiro atoms. The molecule has 2 aromatic carbocycles. The Hall–Kier alpha value is -2.38. The number of nitrogens with one attached hydrogen (secondary N) is 1. The number of hydrogen-bond acceptors (Lipinski definition) is 6. The van der Waals surface area contributed by atoms with Gasteiger partial charge in [0.15, 0.2) is 0 Å². The van der Waals surface area contributed by atoms with Crippen LogP contribution in [0.25, 0.3) is 0 Å². The lowest BCUT2D eigenvalue weighted by Gasteiger charge is -2.36. The molecule has 2 aromatic rings. The van der Waals surface area contributed by atoms with Crippen LogP contribution in [-0.4, -0.2) is 34.6 Å². The van der Waals surface area contributed by atoms with Gasteiger partial charge in [-0.25, -0.2) is 9.88 Å². The predicted molar refractivity (Wildman–Crippen MR) is 122 cm³/mol. The van der Waals surface area contributed by atoms with E-state index in [0.29, 0.717) is 22.3 Å². The Labute approximate surface area is 189 Å². The molecular formula is C23H32NO7P. The van der Waals surface area contributed by atoms with Gasteiger partial charge in [-0.05, 0) is 70.7 Å². The molecule has 0 unspecified atom stereocenters. The maximum Gasteiger partial charge on any atom is 0.428 e. The number of benzene rings is 2. The lowest BCUT2D eigenvalue weighted by atomic mass is 10.1. The molecule has 0 aliphatic carbocycles. The van der Waals surface area contributed by atoms with Crippen molar-refractivity contribution in [3.05, 3.63) is 57.6 Å². The normalized spacial score (nSPS) is 11.9. The van der Waals surface area contributed by atoms with Gasteiger partial charge in [0, 0.05) is 0 Å². The molecule has 0 fully saturated rings. The molecule has 0 saturated carbocycles. The van der Waals surface area contributed by atoms with E-state index in [1.165, 1.54) is 0 Å². The van der Waals surface area contributed by atoms with Gasteiger partial charge >= 0.3 is 19.2 Å². The number of rotatable bonds is 9. The van der Waals surface area contributed by atoms with Gasteiger partial charge in [-0.2, -0.15) is 0 Å². The monoisotopic (exact) mass is 465 g/mol. The molecule has 2 rings (SSSR count). The molecule has 0 heterocycles. The summed E-state index contributed by atoms with van der Waals surface area (Å²) in [5.74, 6) is -0.206. The van der Waals surface area contributed by atoms with E-state index in [9.17, 15) is 19.1 Å². The standard InChI is InChI=1S/C23H32NO7P/c1-8-29-20(25)13-24-23(32(26,27)28,30-21-16(4)9-14(2)10-17(21)5)31-22-18(6)11-15(3)12-19(22)7/h9-12,24H,8,13H2,1-7H3,(H2,26,27,28). The average Bonchev–Trinajstić information content (AvgIpc) is 2.64. The van der Waals surface area contributed by atoms with Gasteiger partial charge < -0.3 is 24.0 Å². The molecule has 176 valence electrons. The van der Waals surface area contributed by atoms with E-state index >= 15 is 0 Å². The summed E-state index contributed by atoms with van der Waals surface area (Å²) >= 11 is 0. The maximum atomic E-state index is 12.8. The molecule has 0 aliphatic rings. The van der Waals surface area contributed by atoms with Crippen molar-refractivity contribution in [2.75, 3.05) is 13.2 Å². The van der Waals surface area contributed by atoms with Crippen LogP contribution >= 0.6 is 7.60 Å². The van der Waals surface area contributed by atoms with Crippen LogP contribution in [0.5, 0.6) is 11.5 Å². The zero-order chi connectivity index (χ0) is 24.3. The van der Waals surface area contributed by atoms with Gasteiger partial charge in [-0.3, -0.25) is 4.79 Å². The number of hydrogen-bond donors (Lipinski definition) is 3. The lowest BCUT2D eigenvalue weighted by molar-refractivity contribution is -0.146. The molecule has 3 N–H and O–H groups in total. The number of esters is 1. The highest BCUT2D eigenvalue weighted by Crippen LogP contribution is 2.52. The van der Waals surface area contributed by atoms with Crippen molar-refractivity contribution < 1.29 is 33.4 Å². The topological polar surface area (TPSA) is 114 Å². The van der Waals surface area contributed by atoms with Gasteiger partial charge in [-0.15, -0.1) is 0 Å². The highest BCUT2D eigenvalue weighted by atomic mass is 31.2. The average molecular weight is 465 g/mol. The molecule has 0 aliphatic heterocycles. The van der Waals surface area contributed by atoms with Crippen molar-refractivity contribution >= 4 is 13.6 Å². The second-order valence-electron chi connectivity index (χ2n) is 7.94. The van der Waals surface area contributed by atoms with E-state index in [1.807, 2.05) is 38.1 Å². The first-order chi connectivity index (χ1) is 14.8. The molecule has 9 heteroatoms. The Morgan fingerprint density at radius 2 is 1.25 bits per heavy atom. The second kappa shape index (κ2) is 10.0. The lowest BCUT2D eigenvalue weighted by Crippen LogP contribution is -2.56. The van der Waals surface area contributed by atoms with E-state index in [0.717, 1.165) is 11.1 Å². The van der Waals surface area contributed by atoms with E-state index in [-0.39, 0.29) is 18.1 Å². The van der Waals surface area contributed by atoms with Gasteiger partial charge in [0.05, 0.1) is 6.61 Å². The fourth-order valence-electron chi connectivity index (χ4n) is 3.64. The van der Waals surface area contributed by atoms with Gasteiger partial charge in [0.2, 0.25) is 0 Å². The summed E-state index contributed by atoms with van der Waals surface area (Å²) in [6, 6.07) is 7.34. The fourth-order valence-corrected chi connectivity index (χ4v) is 4.35. The summed E-state index contributed by atoms with van der Waals surface area (Å²) in [5.41, 5.74) is 1.95. The van der Waals surface area contributed by atoms with Gasteiger partial charge in [-0.1, -0.05) is 35.4 Å². The molecule has 0 bridgehead atoms. The molecule has 0 saturated heterocycles.